The average molecular weight is 349 g/mol. The van der Waals surface area contributed by atoms with Crippen molar-refractivity contribution in [2.24, 2.45) is 11.1 Å². The van der Waals surface area contributed by atoms with Gasteiger partial charge in [0, 0.05) is 23.4 Å². The molecule has 1 aliphatic heterocycles. The van der Waals surface area contributed by atoms with Crippen LogP contribution in [0.2, 0.25) is 0 Å². The van der Waals surface area contributed by atoms with E-state index in [9.17, 15) is 18.3 Å². The van der Waals surface area contributed by atoms with Crippen molar-refractivity contribution in [3.8, 4) is 5.75 Å². The van der Waals surface area contributed by atoms with Gasteiger partial charge in [0.15, 0.2) is 0 Å². The largest absolute Gasteiger partial charge is 0.506 e. The zero-order valence-electron chi connectivity index (χ0n) is 9.91. The van der Waals surface area contributed by atoms with Crippen LogP contribution in [0.1, 0.15) is 6.42 Å². The summed E-state index contributed by atoms with van der Waals surface area (Å²) in [5.41, 5.74) is 0.380. The predicted octanol–water partition coefficient (Wildman–Crippen LogP) is 0.796. The van der Waals surface area contributed by atoms with E-state index in [1.54, 1.807) is 12.1 Å². The number of aromatic hydroxyl groups is 1. The second kappa shape index (κ2) is 5.10. The first-order valence-electron chi connectivity index (χ1n) is 5.55. The normalized spacial score (nSPS) is 20.0. The van der Waals surface area contributed by atoms with Crippen LogP contribution in [0.4, 0.5) is 5.69 Å². The second-order valence-corrected chi connectivity index (χ2v) is 7.11. The molecule has 1 unspecified atom stereocenters. The summed E-state index contributed by atoms with van der Waals surface area (Å²) in [7, 11) is -3.60. The van der Waals surface area contributed by atoms with Crippen molar-refractivity contribution in [1.29, 1.82) is 0 Å². The van der Waals surface area contributed by atoms with Gasteiger partial charge in [-0.2, -0.15) is 0 Å². The number of hydrogen-bond acceptors (Lipinski definition) is 4. The molecule has 0 radical (unpaired) electrons. The van der Waals surface area contributed by atoms with Gasteiger partial charge in [0.25, 0.3) is 0 Å². The first-order valence-corrected chi connectivity index (χ1v) is 8.06. The van der Waals surface area contributed by atoms with Crippen LogP contribution in [0.5, 0.6) is 5.75 Å². The molecular weight excluding hydrogens is 336 g/mol. The molecule has 2 rings (SSSR count). The summed E-state index contributed by atoms with van der Waals surface area (Å²) in [6, 6.07) is 4.79. The minimum Gasteiger partial charge on any atom is -0.506 e. The first kappa shape index (κ1) is 14.3. The van der Waals surface area contributed by atoms with Crippen LogP contribution in [0.3, 0.4) is 0 Å². The lowest BCUT2D eigenvalue weighted by atomic mass is 10.1. The number of amides is 1. The molecule has 0 aliphatic carbocycles. The number of nitrogens with two attached hydrogens (primary N) is 1. The van der Waals surface area contributed by atoms with Gasteiger partial charge >= 0.3 is 0 Å². The van der Waals surface area contributed by atoms with E-state index in [0.29, 0.717) is 10.2 Å². The molecule has 8 heteroatoms. The molecule has 104 valence electrons. The van der Waals surface area contributed by atoms with Crippen LogP contribution in [0, 0.1) is 5.92 Å². The van der Waals surface area contributed by atoms with Crippen LogP contribution >= 0.6 is 15.9 Å². The molecule has 1 heterocycles. The third-order valence-electron chi connectivity index (χ3n) is 2.90. The summed E-state index contributed by atoms with van der Waals surface area (Å²) in [6.07, 6.45) is 0.117. The van der Waals surface area contributed by atoms with Gasteiger partial charge in [-0.3, -0.25) is 4.79 Å². The number of sulfonamides is 1. The minimum atomic E-state index is -3.60. The van der Waals surface area contributed by atoms with Gasteiger partial charge in [-0.15, -0.1) is 0 Å². The number of phenols is 1. The molecule has 0 aromatic heterocycles. The van der Waals surface area contributed by atoms with Gasteiger partial charge in [-0.25, -0.2) is 13.6 Å². The van der Waals surface area contributed by atoms with Crippen molar-refractivity contribution in [1.82, 2.24) is 0 Å². The second-order valence-electron chi connectivity index (χ2n) is 4.54. The molecule has 1 aliphatic rings. The number of phenolic OH excluding ortho intramolecular Hbond substituents is 1. The highest BCUT2D eigenvalue weighted by molar-refractivity contribution is 9.10. The Kier molecular flexibility index (Phi) is 3.84. The Morgan fingerprint density at radius 2 is 2.16 bits per heavy atom. The van der Waals surface area contributed by atoms with Crippen molar-refractivity contribution in [2.75, 3.05) is 17.2 Å². The molecule has 1 atom stereocenters. The van der Waals surface area contributed by atoms with Crippen LogP contribution < -0.4 is 10.0 Å². The highest BCUT2D eigenvalue weighted by Gasteiger charge is 2.33. The van der Waals surface area contributed by atoms with E-state index in [2.05, 4.69) is 15.9 Å². The summed E-state index contributed by atoms with van der Waals surface area (Å²) in [5.74, 6) is -0.817. The molecule has 0 saturated carbocycles. The minimum absolute atomic E-state index is 0.0287. The van der Waals surface area contributed by atoms with E-state index < -0.39 is 10.0 Å². The molecule has 3 N–H and O–H groups in total. The van der Waals surface area contributed by atoms with Crippen LogP contribution in [-0.2, 0) is 14.8 Å². The number of halogens is 1. The number of hydrogen-bond donors (Lipinski definition) is 2. The summed E-state index contributed by atoms with van der Waals surface area (Å²) in [5, 5.41) is 14.8. The van der Waals surface area contributed by atoms with Gasteiger partial charge < -0.3 is 10.0 Å². The Morgan fingerprint density at radius 3 is 2.74 bits per heavy atom. The number of benzene rings is 1. The molecule has 19 heavy (non-hydrogen) atoms. The van der Waals surface area contributed by atoms with E-state index in [1.807, 2.05) is 0 Å². The number of nitrogens with zero attached hydrogens (tertiary/aromatic N) is 1. The smallest absolute Gasteiger partial charge is 0.227 e. The number of rotatable bonds is 3. The fourth-order valence-corrected chi connectivity index (χ4v) is 3.41. The Hall–Kier alpha value is -1.12. The zero-order chi connectivity index (χ0) is 14.2. The zero-order valence-corrected chi connectivity index (χ0v) is 12.3. The topological polar surface area (TPSA) is 101 Å². The summed E-state index contributed by atoms with van der Waals surface area (Å²) in [6.45, 7) is 0.241. The Balaban J connectivity index is 2.20. The van der Waals surface area contributed by atoms with E-state index >= 15 is 0 Å². The lowest BCUT2D eigenvalue weighted by Gasteiger charge is -2.18. The number of anilines is 1. The summed E-state index contributed by atoms with van der Waals surface area (Å²) >= 11 is 3.21. The predicted molar refractivity (Wildman–Crippen MR) is 74.2 cm³/mol. The highest BCUT2D eigenvalue weighted by Crippen LogP contribution is 2.34. The summed E-state index contributed by atoms with van der Waals surface area (Å²) < 4.78 is 22.8. The quantitative estimate of drug-likeness (QED) is 0.843. The van der Waals surface area contributed by atoms with Gasteiger partial charge in [0.05, 0.1) is 11.4 Å². The van der Waals surface area contributed by atoms with Crippen LogP contribution in [-0.4, -0.2) is 31.7 Å². The lowest BCUT2D eigenvalue weighted by molar-refractivity contribution is -0.117. The SMILES string of the molecule is NS(=O)(=O)CC1CC(=O)N(c2ccc(Br)cc2O)C1. The van der Waals surface area contributed by atoms with Crippen LogP contribution in [0.25, 0.3) is 0 Å². The first-order chi connectivity index (χ1) is 8.76. The van der Waals surface area contributed by atoms with Crippen molar-refractivity contribution in [3.05, 3.63) is 22.7 Å². The molecule has 1 aromatic rings. The third kappa shape index (κ3) is 3.46. The van der Waals surface area contributed by atoms with Crippen molar-refractivity contribution < 1.29 is 18.3 Å². The number of primary sulfonamides is 1. The maximum absolute atomic E-state index is 11.9. The van der Waals surface area contributed by atoms with Gasteiger partial charge in [-0.05, 0) is 18.2 Å². The monoisotopic (exact) mass is 348 g/mol. The van der Waals surface area contributed by atoms with Crippen molar-refractivity contribution in [2.45, 2.75) is 6.42 Å². The highest BCUT2D eigenvalue weighted by atomic mass is 79.9. The molecule has 0 bridgehead atoms. The maximum Gasteiger partial charge on any atom is 0.227 e. The fourth-order valence-electron chi connectivity index (χ4n) is 2.18. The van der Waals surface area contributed by atoms with Gasteiger partial charge in [-0.1, -0.05) is 15.9 Å². The third-order valence-corrected chi connectivity index (χ3v) is 4.33. The van der Waals surface area contributed by atoms with E-state index in [4.69, 9.17) is 5.14 Å². The van der Waals surface area contributed by atoms with E-state index in [1.165, 1.54) is 11.0 Å². The molecular formula is C11H13BrN2O4S. The Bertz CT molecular complexity index is 617. The van der Waals surface area contributed by atoms with Gasteiger partial charge in [0.1, 0.15) is 5.75 Å². The molecule has 6 nitrogen and oxygen atoms in total. The summed E-state index contributed by atoms with van der Waals surface area (Å²) in [4.78, 5) is 13.3. The van der Waals surface area contributed by atoms with Crippen molar-refractivity contribution in [3.63, 3.8) is 0 Å². The van der Waals surface area contributed by atoms with E-state index in [-0.39, 0.29) is 36.3 Å². The molecule has 0 spiro atoms. The molecule has 1 fully saturated rings. The maximum atomic E-state index is 11.9. The average Bonchev–Trinajstić information content (AvgIpc) is 2.56. The van der Waals surface area contributed by atoms with Crippen LogP contribution in [0.15, 0.2) is 22.7 Å². The number of carbonyl (C=O) groups is 1. The Labute approximate surface area is 119 Å². The lowest BCUT2D eigenvalue weighted by Crippen LogP contribution is -2.27. The fraction of sp³-hybridized carbons (Fsp3) is 0.364. The van der Waals surface area contributed by atoms with E-state index in [0.717, 1.165) is 0 Å². The number of carbonyl (C=O) groups excluding carboxylic acids is 1. The molecule has 1 amide bonds. The Morgan fingerprint density at radius 1 is 1.47 bits per heavy atom. The standard InChI is InChI=1S/C11H13BrN2O4S/c12-8-1-2-9(10(15)4-8)14-5-7(3-11(14)16)6-19(13,17)18/h1-2,4,7,15H,3,5-6H2,(H2,13,17,18). The molecule has 1 saturated heterocycles. The molecule has 1 aromatic carbocycles. The van der Waals surface area contributed by atoms with Crippen molar-refractivity contribution >= 4 is 37.5 Å². The van der Waals surface area contributed by atoms with Gasteiger partial charge in [0.2, 0.25) is 15.9 Å².